The molecule has 4 heterocycles. The second-order valence-corrected chi connectivity index (χ2v) is 19.1. The molecule has 0 saturated heterocycles. The lowest BCUT2D eigenvalue weighted by Crippen LogP contribution is -2.04. The minimum atomic E-state index is 0.592. The van der Waals surface area contributed by atoms with Crippen LogP contribution in [0.1, 0.15) is 0 Å². The van der Waals surface area contributed by atoms with Crippen LogP contribution in [0.25, 0.3) is 144 Å². The Kier molecular flexibility index (Phi) is 9.78. The van der Waals surface area contributed by atoms with Gasteiger partial charge in [0.2, 0.25) is 0 Å². The molecular formula is C69H43N5O. The second-order valence-electron chi connectivity index (χ2n) is 19.1. The highest BCUT2D eigenvalue weighted by Crippen LogP contribution is 2.46. The largest absolute Gasteiger partial charge is 0.455 e. The van der Waals surface area contributed by atoms with Crippen molar-refractivity contribution in [1.29, 1.82) is 0 Å². The van der Waals surface area contributed by atoms with Gasteiger partial charge in [-0.2, -0.15) is 0 Å². The van der Waals surface area contributed by atoms with Gasteiger partial charge in [-0.15, -0.1) is 0 Å². The van der Waals surface area contributed by atoms with Crippen LogP contribution in [0, 0.1) is 0 Å². The van der Waals surface area contributed by atoms with Crippen LogP contribution in [0.4, 0.5) is 0 Å². The average molecular weight is 958 g/mol. The molecule has 0 aliphatic heterocycles. The maximum absolute atomic E-state index is 6.60. The molecule has 350 valence electrons. The van der Waals surface area contributed by atoms with Crippen LogP contribution in [-0.2, 0) is 0 Å². The van der Waals surface area contributed by atoms with E-state index in [1.807, 2.05) is 42.5 Å². The summed E-state index contributed by atoms with van der Waals surface area (Å²) in [7, 11) is 0. The van der Waals surface area contributed by atoms with E-state index in [1.54, 1.807) is 0 Å². The lowest BCUT2D eigenvalue weighted by molar-refractivity contribution is 0.670. The van der Waals surface area contributed by atoms with Gasteiger partial charge in [0.25, 0.3) is 0 Å². The van der Waals surface area contributed by atoms with E-state index in [0.717, 1.165) is 116 Å². The van der Waals surface area contributed by atoms with Gasteiger partial charge >= 0.3 is 0 Å². The zero-order valence-electron chi connectivity index (χ0n) is 40.5. The fourth-order valence-corrected chi connectivity index (χ4v) is 11.4. The van der Waals surface area contributed by atoms with Gasteiger partial charge in [-0.3, -0.25) is 0 Å². The summed E-state index contributed by atoms with van der Waals surface area (Å²) >= 11 is 0. The summed E-state index contributed by atoms with van der Waals surface area (Å²) in [5.74, 6) is 1.82. The molecule has 0 amide bonds. The Balaban J connectivity index is 0.987. The van der Waals surface area contributed by atoms with Crippen LogP contribution in [0.5, 0.6) is 0 Å². The summed E-state index contributed by atoms with van der Waals surface area (Å²) in [5, 5.41) is 6.90. The molecule has 0 bridgehead atoms. The Morgan fingerprint density at radius 2 is 0.787 bits per heavy atom. The van der Waals surface area contributed by atoms with E-state index in [4.69, 9.17) is 19.4 Å². The number of furan rings is 1. The highest BCUT2D eigenvalue weighted by Gasteiger charge is 2.24. The van der Waals surface area contributed by atoms with Crippen molar-refractivity contribution in [3.63, 3.8) is 0 Å². The minimum Gasteiger partial charge on any atom is -0.455 e. The summed E-state index contributed by atoms with van der Waals surface area (Å²) in [6.07, 6.45) is 0. The zero-order valence-corrected chi connectivity index (χ0v) is 40.5. The van der Waals surface area contributed by atoms with Crippen LogP contribution in [0.2, 0.25) is 0 Å². The Morgan fingerprint density at radius 3 is 1.48 bits per heavy atom. The van der Waals surface area contributed by atoms with Gasteiger partial charge in [-0.1, -0.05) is 206 Å². The normalized spacial score (nSPS) is 11.7. The third-order valence-corrected chi connectivity index (χ3v) is 14.8. The van der Waals surface area contributed by atoms with E-state index in [1.165, 1.54) is 10.8 Å². The zero-order chi connectivity index (χ0) is 49.4. The molecule has 0 saturated carbocycles. The average Bonchev–Trinajstić information content (AvgIpc) is 4.21. The van der Waals surface area contributed by atoms with Gasteiger partial charge in [0.05, 0.1) is 27.8 Å². The highest BCUT2D eigenvalue weighted by molar-refractivity contribution is 6.23. The number of hydrogen-bond donors (Lipinski definition) is 0. The maximum atomic E-state index is 6.60. The van der Waals surface area contributed by atoms with E-state index in [9.17, 15) is 0 Å². The van der Waals surface area contributed by atoms with E-state index in [2.05, 4.69) is 228 Å². The predicted molar refractivity (Wildman–Crippen MR) is 308 cm³/mol. The molecular weight excluding hydrogens is 915 g/mol. The number of hydrogen-bond acceptors (Lipinski definition) is 4. The summed E-state index contributed by atoms with van der Waals surface area (Å²) in [6.45, 7) is 0. The molecule has 4 aromatic heterocycles. The Hall–Kier alpha value is -10.2. The van der Waals surface area contributed by atoms with Crippen LogP contribution in [0.15, 0.2) is 265 Å². The Bertz CT molecular complexity index is 4630. The predicted octanol–water partition coefficient (Wildman–Crippen LogP) is 18.0. The van der Waals surface area contributed by atoms with Gasteiger partial charge < -0.3 is 13.6 Å². The standard InChI is InChI=1S/C69H43N5O/c1-5-20-44(21-6-1)47-38-41-57(69-71-67(45-22-7-2-8-23-45)70-68(72-69)46-24-9-3-10-25-46)62(42-47)74-58-34-15-13-29-55(58)64-52(32-19-36-60(64)74)53-31-18-35-59-65(53)56-40-39-48(43-61(56)73(59)49-26-11-4-12-27-49)50-30-17-33-54-51-28-14-16-37-63(51)75-66(50)54/h1-43H. The molecule has 0 N–H and O–H groups in total. The smallest absolute Gasteiger partial charge is 0.166 e. The monoisotopic (exact) mass is 957 g/mol. The van der Waals surface area contributed by atoms with Gasteiger partial charge in [-0.05, 0) is 82.4 Å². The van der Waals surface area contributed by atoms with E-state index in [0.29, 0.717) is 17.5 Å². The second kappa shape index (κ2) is 17.3. The van der Waals surface area contributed by atoms with Crippen molar-refractivity contribution in [2.75, 3.05) is 0 Å². The summed E-state index contributed by atoms with van der Waals surface area (Å²) in [4.78, 5) is 15.7. The summed E-state index contributed by atoms with van der Waals surface area (Å²) in [5.41, 5.74) is 17.7. The first-order valence-corrected chi connectivity index (χ1v) is 25.3. The first-order chi connectivity index (χ1) is 37.2. The van der Waals surface area contributed by atoms with Gasteiger partial charge in [-0.25, -0.2) is 15.0 Å². The van der Waals surface area contributed by atoms with Crippen LogP contribution >= 0.6 is 0 Å². The van der Waals surface area contributed by atoms with Crippen LogP contribution in [0.3, 0.4) is 0 Å². The molecule has 0 aliphatic rings. The fraction of sp³-hybridized carbons (Fsp3) is 0. The third-order valence-electron chi connectivity index (χ3n) is 14.8. The summed E-state index contributed by atoms with van der Waals surface area (Å²) in [6, 6.07) is 92.4. The van der Waals surface area contributed by atoms with Crippen LogP contribution in [-0.4, -0.2) is 24.1 Å². The molecule has 11 aromatic carbocycles. The quantitative estimate of drug-likeness (QED) is 0.152. The van der Waals surface area contributed by atoms with Crippen LogP contribution < -0.4 is 0 Å². The van der Waals surface area contributed by atoms with Gasteiger partial charge in [0, 0.05) is 60.3 Å². The van der Waals surface area contributed by atoms with Crippen molar-refractivity contribution in [2.45, 2.75) is 0 Å². The van der Waals surface area contributed by atoms with Gasteiger partial charge in [0.15, 0.2) is 17.5 Å². The van der Waals surface area contributed by atoms with Gasteiger partial charge in [0.1, 0.15) is 11.2 Å². The van der Waals surface area contributed by atoms with Crippen molar-refractivity contribution < 1.29 is 4.42 Å². The molecule has 6 heteroatoms. The molecule has 0 unspecified atom stereocenters. The van der Waals surface area contributed by atoms with Crippen molar-refractivity contribution in [3.8, 4) is 78.9 Å². The minimum absolute atomic E-state index is 0.592. The van der Waals surface area contributed by atoms with E-state index >= 15 is 0 Å². The molecule has 0 spiro atoms. The van der Waals surface area contributed by atoms with Crippen molar-refractivity contribution >= 4 is 65.6 Å². The number of rotatable bonds is 8. The summed E-state index contributed by atoms with van der Waals surface area (Å²) < 4.78 is 11.4. The van der Waals surface area contributed by atoms with E-state index < -0.39 is 0 Å². The number of para-hydroxylation sites is 4. The topological polar surface area (TPSA) is 61.7 Å². The first kappa shape index (κ1) is 42.5. The Morgan fingerprint density at radius 1 is 0.280 bits per heavy atom. The first-order valence-electron chi connectivity index (χ1n) is 25.3. The third kappa shape index (κ3) is 6.92. The number of aromatic nitrogens is 5. The van der Waals surface area contributed by atoms with Crippen molar-refractivity contribution in [1.82, 2.24) is 24.1 Å². The molecule has 0 aliphatic carbocycles. The molecule has 0 fully saturated rings. The molecule has 6 nitrogen and oxygen atoms in total. The lowest BCUT2D eigenvalue weighted by atomic mass is 9.94. The molecule has 0 atom stereocenters. The highest BCUT2D eigenvalue weighted by atomic mass is 16.3. The van der Waals surface area contributed by atoms with Crippen molar-refractivity contribution in [3.05, 3.63) is 261 Å². The molecule has 0 radical (unpaired) electrons. The number of nitrogens with zero attached hydrogens (tertiary/aromatic N) is 5. The van der Waals surface area contributed by atoms with Crippen molar-refractivity contribution in [2.24, 2.45) is 0 Å². The molecule has 15 aromatic rings. The fourth-order valence-electron chi connectivity index (χ4n) is 11.4. The maximum Gasteiger partial charge on any atom is 0.166 e. The molecule has 75 heavy (non-hydrogen) atoms. The Labute approximate surface area is 431 Å². The number of fused-ring (bicyclic) bond motifs is 9. The lowest BCUT2D eigenvalue weighted by Gasteiger charge is -2.16. The van der Waals surface area contributed by atoms with E-state index in [-0.39, 0.29) is 0 Å². The number of benzene rings is 11. The molecule has 15 rings (SSSR count). The SMILES string of the molecule is c1ccc(-c2ccc(-c3nc(-c4ccccc4)nc(-c4ccccc4)n3)c(-n3c4ccccc4c4c(-c5cccc6c5c5ccc(-c7cccc8c7oc7ccccc78)cc5n6-c5ccccc5)cccc43)c2)cc1.